The molecule has 0 radical (unpaired) electrons. The van der Waals surface area contributed by atoms with Crippen LogP contribution in [0.1, 0.15) is 26.3 Å². The zero-order chi connectivity index (χ0) is 20.5. The molecule has 2 aromatic rings. The lowest BCUT2D eigenvalue weighted by atomic mass is 9.92. The van der Waals surface area contributed by atoms with Crippen molar-refractivity contribution in [1.29, 1.82) is 0 Å². The number of urea groups is 1. The lowest BCUT2D eigenvalue weighted by Crippen LogP contribution is -2.46. The molecule has 0 saturated carbocycles. The summed E-state index contributed by atoms with van der Waals surface area (Å²) in [6.45, 7) is 5.06. The summed E-state index contributed by atoms with van der Waals surface area (Å²) in [6.07, 6.45) is 0. The third-order valence-corrected chi connectivity index (χ3v) is 5.06. The molecule has 7 heteroatoms. The van der Waals surface area contributed by atoms with Gasteiger partial charge in [-0.15, -0.1) is 0 Å². The van der Waals surface area contributed by atoms with Crippen molar-refractivity contribution in [3.8, 4) is 0 Å². The number of carbonyl (C=O) groups excluding carboxylic acids is 3. The number of benzene rings is 2. The Morgan fingerprint density at radius 1 is 1.11 bits per heavy atom. The van der Waals surface area contributed by atoms with E-state index in [0.29, 0.717) is 10.6 Å². The Balaban J connectivity index is 1.84. The van der Waals surface area contributed by atoms with E-state index < -0.39 is 17.5 Å². The Hall–Kier alpha value is -2.86. The molecule has 0 spiro atoms. The van der Waals surface area contributed by atoms with Gasteiger partial charge in [-0.25, -0.2) is 4.79 Å². The van der Waals surface area contributed by atoms with Gasteiger partial charge < -0.3 is 10.2 Å². The molecule has 4 amide bonds. The van der Waals surface area contributed by atoms with Crippen molar-refractivity contribution in [1.82, 2.24) is 10.2 Å². The number of para-hydroxylation sites is 1. The molecule has 2 aromatic carbocycles. The summed E-state index contributed by atoms with van der Waals surface area (Å²) >= 11 is 5.92. The van der Waals surface area contributed by atoms with Crippen LogP contribution in [0.3, 0.4) is 0 Å². The highest BCUT2D eigenvalue weighted by Gasteiger charge is 2.49. The SMILES string of the molecule is CC(C)N(C(=O)CN1C(=O)NC(C)(c2ccc(Cl)cc2)C1=O)c1ccccc1. The average molecular weight is 400 g/mol. The van der Waals surface area contributed by atoms with Crippen molar-refractivity contribution in [2.24, 2.45) is 0 Å². The average Bonchev–Trinajstić information content (AvgIpc) is 2.87. The van der Waals surface area contributed by atoms with Gasteiger partial charge in [0.2, 0.25) is 5.91 Å². The van der Waals surface area contributed by atoms with Crippen LogP contribution in [0.25, 0.3) is 0 Å². The van der Waals surface area contributed by atoms with Gasteiger partial charge in [-0.2, -0.15) is 0 Å². The largest absolute Gasteiger partial charge is 0.325 e. The molecular weight excluding hydrogens is 378 g/mol. The Morgan fingerprint density at radius 3 is 2.29 bits per heavy atom. The summed E-state index contributed by atoms with van der Waals surface area (Å²) in [5.74, 6) is -0.796. The third-order valence-electron chi connectivity index (χ3n) is 4.81. The first-order valence-corrected chi connectivity index (χ1v) is 9.39. The molecule has 6 nitrogen and oxygen atoms in total. The highest BCUT2D eigenvalue weighted by Crippen LogP contribution is 2.30. The van der Waals surface area contributed by atoms with Crippen LogP contribution in [0.15, 0.2) is 54.6 Å². The zero-order valence-electron chi connectivity index (χ0n) is 16.0. The van der Waals surface area contributed by atoms with E-state index in [1.807, 2.05) is 44.2 Å². The molecule has 0 bridgehead atoms. The maximum Gasteiger partial charge on any atom is 0.325 e. The van der Waals surface area contributed by atoms with Crippen molar-refractivity contribution < 1.29 is 14.4 Å². The number of rotatable bonds is 5. The third kappa shape index (κ3) is 3.60. The smallest absolute Gasteiger partial charge is 0.319 e. The van der Waals surface area contributed by atoms with Gasteiger partial charge in [0.15, 0.2) is 0 Å². The van der Waals surface area contributed by atoms with Gasteiger partial charge in [-0.05, 0) is 50.6 Å². The molecule has 1 aliphatic rings. The van der Waals surface area contributed by atoms with Gasteiger partial charge in [-0.3, -0.25) is 14.5 Å². The summed E-state index contributed by atoms with van der Waals surface area (Å²) < 4.78 is 0. The van der Waals surface area contributed by atoms with E-state index in [0.717, 1.165) is 10.6 Å². The van der Waals surface area contributed by atoms with Crippen LogP contribution in [0.4, 0.5) is 10.5 Å². The fourth-order valence-electron chi connectivity index (χ4n) is 3.35. The minimum Gasteiger partial charge on any atom is -0.319 e. The summed E-state index contributed by atoms with van der Waals surface area (Å²) in [6, 6.07) is 15.2. The molecule has 1 N–H and O–H groups in total. The highest BCUT2D eigenvalue weighted by atomic mass is 35.5. The van der Waals surface area contributed by atoms with Crippen molar-refractivity contribution in [2.45, 2.75) is 32.4 Å². The number of amides is 4. The number of hydrogen-bond acceptors (Lipinski definition) is 3. The summed E-state index contributed by atoms with van der Waals surface area (Å²) in [5.41, 5.74) is 0.0844. The Morgan fingerprint density at radius 2 is 1.71 bits per heavy atom. The number of imide groups is 1. The summed E-state index contributed by atoms with van der Waals surface area (Å²) in [5, 5.41) is 3.24. The van der Waals surface area contributed by atoms with E-state index in [2.05, 4.69) is 5.32 Å². The predicted octanol–water partition coefficient (Wildman–Crippen LogP) is 3.55. The number of nitrogens with zero attached hydrogens (tertiary/aromatic N) is 2. The number of anilines is 1. The van der Waals surface area contributed by atoms with E-state index >= 15 is 0 Å². The van der Waals surface area contributed by atoms with Crippen molar-refractivity contribution in [2.75, 3.05) is 11.4 Å². The van der Waals surface area contributed by atoms with Crippen LogP contribution in [-0.2, 0) is 15.1 Å². The minimum absolute atomic E-state index is 0.127. The van der Waals surface area contributed by atoms with Crippen molar-refractivity contribution in [3.05, 3.63) is 65.2 Å². The van der Waals surface area contributed by atoms with E-state index in [9.17, 15) is 14.4 Å². The lowest BCUT2D eigenvalue weighted by Gasteiger charge is -2.28. The first-order chi connectivity index (χ1) is 13.2. The molecule has 1 saturated heterocycles. The molecule has 1 unspecified atom stereocenters. The predicted molar refractivity (Wildman–Crippen MR) is 108 cm³/mol. The van der Waals surface area contributed by atoms with Crippen LogP contribution in [0.5, 0.6) is 0 Å². The number of hydrogen-bond donors (Lipinski definition) is 1. The van der Waals surface area contributed by atoms with E-state index in [-0.39, 0.29) is 18.5 Å². The van der Waals surface area contributed by atoms with Gasteiger partial charge in [0.25, 0.3) is 5.91 Å². The zero-order valence-corrected chi connectivity index (χ0v) is 16.7. The topological polar surface area (TPSA) is 69.7 Å². The monoisotopic (exact) mass is 399 g/mol. The Bertz CT molecular complexity index is 899. The molecular formula is C21H22ClN3O3. The lowest BCUT2D eigenvalue weighted by molar-refractivity contribution is -0.134. The van der Waals surface area contributed by atoms with E-state index in [1.54, 1.807) is 36.1 Å². The molecule has 1 fully saturated rings. The fourth-order valence-corrected chi connectivity index (χ4v) is 3.48. The molecule has 28 heavy (non-hydrogen) atoms. The molecule has 1 heterocycles. The van der Waals surface area contributed by atoms with Crippen molar-refractivity contribution >= 4 is 35.1 Å². The molecule has 0 aromatic heterocycles. The number of nitrogens with one attached hydrogen (secondary N) is 1. The van der Waals surface area contributed by atoms with E-state index in [4.69, 9.17) is 11.6 Å². The second-order valence-electron chi connectivity index (χ2n) is 7.15. The normalized spacial score (nSPS) is 19.1. The first kappa shape index (κ1) is 19.9. The van der Waals surface area contributed by atoms with Gasteiger partial charge in [0, 0.05) is 16.8 Å². The molecule has 1 atom stereocenters. The standard InChI is InChI=1S/C21H22ClN3O3/c1-14(2)25(17-7-5-4-6-8-17)18(26)13-24-19(27)21(3,23-20(24)28)15-9-11-16(22)12-10-15/h4-12,14H,13H2,1-3H3,(H,23,28). The van der Waals surface area contributed by atoms with Gasteiger partial charge in [0.05, 0.1) is 0 Å². The minimum atomic E-state index is -1.24. The first-order valence-electron chi connectivity index (χ1n) is 9.01. The second-order valence-corrected chi connectivity index (χ2v) is 7.58. The second kappa shape index (κ2) is 7.64. The summed E-state index contributed by atoms with van der Waals surface area (Å²) in [4.78, 5) is 41.0. The molecule has 0 aliphatic carbocycles. The Labute approximate surface area is 169 Å². The number of halogens is 1. The molecule has 1 aliphatic heterocycles. The molecule has 146 valence electrons. The van der Waals surface area contributed by atoms with Crippen LogP contribution in [0.2, 0.25) is 5.02 Å². The quantitative estimate of drug-likeness (QED) is 0.781. The summed E-state index contributed by atoms with van der Waals surface area (Å²) in [7, 11) is 0. The maximum atomic E-state index is 13.0. The van der Waals surface area contributed by atoms with Gasteiger partial charge >= 0.3 is 6.03 Å². The maximum absolute atomic E-state index is 13.0. The highest BCUT2D eigenvalue weighted by molar-refractivity contribution is 6.30. The van der Waals surface area contributed by atoms with Crippen LogP contribution >= 0.6 is 11.6 Å². The number of carbonyl (C=O) groups is 3. The van der Waals surface area contributed by atoms with E-state index in [1.165, 1.54) is 0 Å². The van der Waals surface area contributed by atoms with Gasteiger partial charge in [-0.1, -0.05) is 41.9 Å². The van der Waals surface area contributed by atoms with Crippen LogP contribution in [-0.4, -0.2) is 35.3 Å². The van der Waals surface area contributed by atoms with Gasteiger partial charge in [0.1, 0.15) is 12.1 Å². The van der Waals surface area contributed by atoms with Crippen LogP contribution in [0, 0.1) is 0 Å². The van der Waals surface area contributed by atoms with Crippen molar-refractivity contribution in [3.63, 3.8) is 0 Å². The molecule has 3 rings (SSSR count). The van der Waals surface area contributed by atoms with Crippen LogP contribution < -0.4 is 10.2 Å². The Kier molecular flexibility index (Phi) is 5.42. The fraction of sp³-hybridized carbons (Fsp3) is 0.286.